The number of nitro groups is 1. The lowest BCUT2D eigenvalue weighted by molar-refractivity contribution is -0.381. The van der Waals surface area contributed by atoms with Crippen molar-refractivity contribution < 1.29 is 19.1 Å². The predicted octanol–water partition coefficient (Wildman–Crippen LogP) is 5.59. The van der Waals surface area contributed by atoms with Crippen LogP contribution < -0.4 is 14.2 Å². The van der Waals surface area contributed by atoms with Gasteiger partial charge in [0.05, 0.1) is 42.6 Å². The van der Waals surface area contributed by atoms with Crippen LogP contribution in [0, 0.1) is 10.1 Å². The number of ether oxygens (including phenoxy) is 3. The van der Waals surface area contributed by atoms with Gasteiger partial charge in [-0.1, -0.05) is 36.4 Å². The lowest BCUT2D eigenvalue weighted by Crippen LogP contribution is -1.98. The molecule has 0 atom stereocenters. The van der Waals surface area contributed by atoms with Crippen LogP contribution in [0.1, 0.15) is 0 Å². The van der Waals surface area contributed by atoms with Gasteiger partial charge < -0.3 is 14.2 Å². The Morgan fingerprint density at radius 1 is 0.690 bits per heavy atom. The Hall–Kier alpha value is -3.80. The average Bonchev–Trinajstić information content (AvgIpc) is 2.76. The summed E-state index contributed by atoms with van der Waals surface area (Å²) in [6.07, 6.45) is 0. The van der Waals surface area contributed by atoms with Crippen molar-refractivity contribution in [3.8, 4) is 28.4 Å². The average molecular weight is 389 g/mol. The largest absolute Gasteiger partial charge is 0.496 e. The minimum absolute atomic E-state index is 0.0893. The first-order valence-corrected chi connectivity index (χ1v) is 8.99. The van der Waals surface area contributed by atoms with Gasteiger partial charge in [0.15, 0.2) is 0 Å². The molecule has 0 fully saturated rings. The molecule has 146 valence electrons. The Labute approximate surface area is 167 Å². The molecule has 0 aliphatic heterocycles. The Balaban J connectivity index is 2.27. The molecule has 0 saturated heterocycles. The molecule has 0 heterocycles. The van der Waals surface area contributed by atoms with Gasteiger partial charge in [0.2, 0.25) is 0 Å². The smallest absolute Gasteiger partial charge is 0.284 e. The number of non-ortho nitro benzene ring substituents is 1. The van der Waals surface area contributed by atoms with Gasteiger partial charge in [-0.3, -0.25) is 10.1 Å². The highest BCUT2D eigenvalue weighted by atomic mass is 16.6. The molecule has 6 nitrogen and oxygen atoms in total. The fourth-order valence-corrected chi connectivity index (χ4v) is 3.82. The van der Waals surface area contributed by atoms with Crippen molar-refractivity contribution in [2.45, 2.75) is 0 Å². The molecule has 0 N–H and O–H groups in total. The molecular formula is C23H19NO5. The van der Waals surface area contributed by atoms with Crippen LogP contribution in [0.3, 0.4) is 0 Å². The van der Waals surface area contributed by atoms with E-state index in [0.717, 1.165) is 21.9 Å². The van der Waals surface area contributed by atoms with Crippen molar-refractivity contribution in [1.82, 2.24) is 0 Å². The Morgan fingerprint density at radius 3 is 1.52 bits per heavy atom. The topological polar surface area (TPSA) is 70.8 Å². The van der Waals surface area contributed by atoms with E-state index in [9.17, 15) is 10.1 Å². The summed E-state index contributed by atoms with van der Waals surface area (Å²) in [4.78, 5) is 11.6. The van der Waals surface area contributed by atoms with Gasteiger partial charge >= 0.3 is 0 Å². The van der Waals surface area contributed by atoms with Crippen LogP contribution in [0.25, 0.3) is 32.7 Å². The number of hydrogen-bond acceptors (Lipinski definition) is 5. The van der Waals surface area contributed by atoms with Crippen LogP contribution in [0.2, 0.25) is 0 Å². The maximum Gasteiger partial charge on any atom is 0.284 e. The van der Waals surface area contributed by atoms with Crippen molar-refractivity contribution in [1.29, 1.82) is 0 Å². The number of fused-ring (bicyclic) bond motifs is 2. The summed E-state index contributed by atoms with van der Waals surface area (Å²) in [7, 11) is 4.73. The van der Waals surface area contributed by atoms with Crippen molar-refractivity contribution in [3.63, 3.8) is 0 Å². The summed E-state index contributed by atoms with van der Waals surface area (Å²) in [5.41, 5.74) is 1.63. The minimum Gasteiger partial charge on any atom is -0.496 e. The first-order valence-electron chi connectivity index (χ1n) is 8.99. The third-order valence-electron chi connectivity index (χ3n) is 5.05. The lowest BCUT2D eigenvalue weighted by atomic mass is 9.89. The van der Waals surface area contributed by atoms with Gasteiger partial charge in [-0.05, 0) is 22.9 Å². The number of nitrogens with zero attached hydrogens (tertiary/aromatic N) is 1. The van der Waals surface area contributed by atoms with Crippen molar-refractivity contribution in [2.24, 2.45) is 0 Å². The van der Waals surface area contributed by atoms with Gasteiger partial charge in [0, 0.05) is 17.7 Å². The third kappa shape index (κ3) is 2.89. The zero-order valence-electron chi connectivity index (χ0n) is 16.3. The summed E-state index contributed by atoms with van der Waals surface area (Å²) in [6, 6.07) is 18.2. The third-order valence-corrected chi connectivity index (χ3v) is 5.05. The molecular weight excluding hydrogens is 370 g/mol. The van der Waals surface area contributed by atoms with E-state index >= 15 is 0 Å². The van der Waals surface area contributed by atoms with E-state index < -0.39 is 0 Å². The SMILES string of the molecule is COc1cc(OC)c(-c2c3ccccc3c([N+](=O)[O-])c3ccccc23)c(OC)c1. The van der Waals surface area contributed by atoms with Crippen LogP contribution >= 0.6 is 0 Å². The predicted molar refractivity (Wildman–Crippen MR) is 113 cm³/mol. The number of hydrogen-bond donors (Lipinski definition) is 0. The van der Waals surface area contributed by atoms with E-state index in [1.807, 2.05) is 24.3 Å². The molecule has 4 aromatic rings. The highest BCUT2D eigenvalue weighted by Crippen LogP contribution is 2.49. The zero-order chi connectivity index (χ0) is 20.5. The van der Waals surface area contributed by atoms with Gasteiger partial charge in [0.25, 0.3) is 5.69 Å². The second-order valence-corrected chi connectivity index (χ2v) is 6.48. The summed E-state index contributed by atoms with van der Waals surface area (Å²) >= 11 is 0. The van der Waals surface area contributed by atoms with Gasteiger partial charge in [-0.2, -0.15) is 0 Å². The lowest BCUT2D eigenvalue weighted by Gasteiger charge is -2.19. The fraction of sp³-hybridized carbons (Fsp3) is 0.130. The van der Waals surface area contributed by atoms with Crippen molar-refractivity contribution >= 4 is 27.2 Å². The number of nitro benzene ring substituents is 1. The van der Waals surface area contributed by atoms with E-state index in [1.165, 1.54) is 0 Å². The number of methoxy groups -OCH3 is 3. The molecule has 0 aromatic heterocycles. The summed E-state index contributed by atoms with van der Waals surface area (Å²) in [6.45, 7) is 0. The summed E-state index contributed by atoms with van der Waals surface area (Å²) in [5.74, 6) is 1.72. The van der Waals surface area contributed by atoms with Crippen LogP contribution in [-0.2, 0) is 0 Å². The molecule has 0 spiro atoms. The fourth-order valence-electron chi connectivity index (χ4n) is 3.82. The standard InChI is InChI=1S/C23H19NO5/c1-27-14-12-19(28-2)22(20(13-14)29-3)21-15-8-4-6-10-17(15)23(24(25)26)18-11-7-5-9-16(18)21/h4-13H,1-3H3. The first-order chi connectivity index (χ1) is 14.1. The Morgan fingerprint density at radius 2 is 1.14 bits per heavy atom. The van der Waals surface area contributed by atoms with E-state index in [0.29, 0.717) is 28.0 Å². The van der Waals surface area contributed by atoms with Crippen molar-refractivity contribution in [2.75, 3.05) is 21.3 Å². The van der Waals surface area contributed by atoms with Crippen LogP contribution in [0.4, 0.5) is 5.69 Å². The monoisotopic (exact) mass is 389 g/mol. The van der Waals surface area contributed by atoms with Crippen LogP contribution in [0.15, 0.2) is 60.7 Å². The van der Waals surface area contributed by atoms with Crippen molar-refractivity contribution in [3.05, 3.63) is 70.8 Å². The maximum absolute atomic E-state index is 11.9. The zero-order valence-corrected chi connectivity index (χ0v) is 16.3. The molecule has 0 radical (unpaired) electrons. The minimum atomic E-state index is -0.322. The maximum atomic E-state index is 11.9. The van der Waals surface area contributed by atoms with E-state index in [2.05, 4.69) is 0 Å². The number of rotatable bonds is 5. The summed E-state index contributed by atoms with van der Waals surface area (Å²) < 4.78 is 16.7. The molecule has 0 unspecified atom stereocenters. The van der Waals surface area contributed by atoms with E-state index in [4.69, 9.17) is 14.2 Å². The second-order valence-electron chi connectivity index (χ2n) is 6.48. The Bertz CT molecular complexity index is 1170. The van der Waals surface area contributed by atoms with E-state index in [-0.39, 0.29) is 10.6 Å². The first kappa shape index (κ1) is 18.6. The highest BCUT2D eigenvalue weighted by Gasteiger charge is 2.25. The molecule has 0 bridgehead atoms. The summed E-state index contributed by atoms with van der Waals surface area (Å²) in [5, 5.41) is 14.6. The number of benzene rings is 4. The van der Waals surface area contributed by atoms with Gasteiger partial charge in [-0.15, -0.1) is 0 Å². The molecule has 0 saturated carbocycles. The normalized spacial score (nSPS) is 10.9. The van der Waals surface area contributed by atoms with Gasteiger partial charge in [0.1, 0.15) is 17.2 Å². The molecule has 0 aliphatic carbocycles. The highest BCUT2D eigenvalue weighted by molar-refractivity contribution is 6.19. The molecule has 4 rings (SSSR count). The Kier molecular flexibility index (Phi) is 4.68. The van der Waals surface area contributed by atoms with Crippen LogP contribution in [0.5, 0.6) is 17.2 Å². The second kappa shape index (κ2) is 7.31. The quantitative estimate of drug-likeness (QED) is 0.253. The molecule has 0 aliphatic rings. The van der Waals surface area contributed by atoms with Gasteiger partial charge in [-0.25, -0.2) is 0 Å². The van der Waals surface area contributed by atoms with E-state index in [1.54, 1.807) is 57.7 Å². The molecule has 4 aromatic carbocycles. The molecule has 6 heteroatoms. The molecule has 29 heavy (non-hydrogen) atoms. The van der Waals surface area contributed by atoms with Crippen LogP contribution in [-0.4, -0.2) is 26.3 Å². The molecule has 0 amide bonds.